The minimum atomic E-state index is 0.189. The second kappa shape index (κ2) is 10.1. The highest BCUT2D eigenvalue weighted by Crippen LogP contribution is 2.42. The number of hydrogen-bond donors (Lipinski definition) is 1. The van der Waals surface area contributed by atoms with Crippen LogP contribution in [-0.4, -0.2) is 25.0 Å². The summed E-state index contributed by atoms with van der Waals surface area (Å²) in [5.74, 6) is 1.58. The van der Waals surface area contributed by atoms with E-state index in [1.165, 1.54) is 0 Å². The van der Waals surface area contributed by atoms with Gasteiger partial charge in [-0.2, -0.15) is 0 Å². The highest BCUT2D eigenvalue weighted by Gasteiger charge is 2.21. The summed E-state index contributed by atoms with van der Waals surface area (Å²) in [6.07, 6.45) is 5.55. The zero-order chi connectivity index (χ0) is 27.9. The van der Waals surface area contributed by atoms with E-state index in [9.17, 15) is 5.11 Å². The Bertz CT molecular complexity index is 2030. The molecule has 0 atom stereocenters. The van der Waals surface area contributed by atoms with Gasteiger partial charge in [0.25, 0.3) is 0 Å². The summed E-state index contributed by atoms with van der Waals surface area (Å²) < 4.78 is 2.08. The fourth-order valence-electron chi connectivity index (χ4n) is 5.27. The number of aromatic hydroxyl groups is 1. The topological polar surface area (TPSA) is 75.0 Å². The number of nitrogens with zero attached hydrogens (tertiary/aromatic N) is 5. The van der Waals surface area contributed by atoms with E-state index in [4.69, 9.17) is 15.0 Å². The van der Waals surface area contributed by atoms with Crippen LogP contribution in [-0.2, 0) is 0 Å². The second-order valence-corrected chi connectivity index (χ2v) is 10.9. The molecule has 0 aliphatic carbocycles. The van der Waals surface area contributed by atoms with Crippen LogP contribution in [0.3, 0.4) is 0 Å². The van der Waals surface area contributed by atoms with Gasteiger partial charge in [0, 0.05) is 45.5 Å². The van der Waals surface area contributed by atoms with Gasteiger partial charge < -0.3 is 5.11 Å². The van der Waals surface area contributed by atoms with Crippen LogP contribution in [0.2, 0.25) is 0 Å². The lowest BCUT2D eigenvalue weighted by Gasteiger charge is -2.27. The number of thiophene rings is 1. The van der Waals surface area contributed by atoms with E-state index < -0.39 is 0 Å². The first-order chi connectivity index (χ1) is 20.1. The zero-order valence-electron chi connectivity index (χ0n) is 22.5. The molecule has 0 aliphatic heterocycles. The van der Waals surface area contributed by atoms with Crippen molar-refractivity contribution < 1.29 is 5.11 Å². The summed E-state index contributed by atoms with van der Waals surface area (Å²) >= 11 is 1.64. The predicted octanol–water partition coefficient (Wildman–Crippen LogP) is 8.76. The first kappa shape index (κ1) is 24.9. The van der Waals surface area contributed by atoms with Crippen LogP contribution >= 0.6 is 11.3 Å². The molecule has 4 aromatic heterocycles. The Hall–Kier alpha value is -5.14. The predicted molar refractivity (Wildman–Crippen MR) is 167 cm³/mol. The maximum atomic E-state index is 10.8. The molecule has 1 N–H and O–H groups in total. The van der Waals surface area contributed by atoms with Crippen molar-refractivity contribution >= 4 is 48.8 Å². The Morgan fingerprint density at radius 3 is 2.37 bits per heavy atom. The lowest BCUT2D eigenvalue weighted by atomic mass is 10.1. The van der Waals surface area contributed by atoms with Gasteiger partial charge in [-0.15, -0.1) is 11.3 Å². The van der Waals surface area contributed by atoms with Crippen LogP contribution in [0.1, 0.15) is 11.1 Å². The lowest BCUT2D eigenvalue weighted by Crippen LogP contribution is -2.14. The van der Waals surface area contributed by atoms with E-state index in [2.05, 4.69) is 48.0 Å². The van der Waals surface area contributed by atoms with Crippen molar-refractivity contribution in [1.82, 2.24) is 19.9 Å². The molecular weight excluding hydrogens is 526 g/mol. The normalized spacial score (nSPS) is 11.3. The van der Waals surface area contributed by atoms with Gasteiger partial charge >= 0.3 is 0 Å². The number of pyridine rings is 2. The standard InChI is InChI=1S/C34H25N5OS/c1-21-19-35-20-22(2)32(21)39(29-16-7-8-17-36-29)24-11-9-10-23(18-24)34-37-30(25-12-3-5-14-27(25)40)33-31(38-34)26-13-4-6-15-28(26)41-33/h3-20,40H,1-2H3. The highest BCUT2D eigenvalue weighted by molar-refractivity contribution is 7.26. The number of hydrogen-bond acceptors (Lipinski definition) is 7. The van der Waals surface area contributed by atoms with E-state index in [1.54, 1.807) is 23.6 Å². The average Bonchev–Trinajstić information content (AvgIpc) is 3.38. The third-order valence-electron chi connectivity index (χ3n) is 7.13. The molecule has 0 spiro atoms. The summed E-state index contributed by atoms with van der Waals surface area (Å²) in [4.78, 5) is 21.4. The third-order valence-corrected chi connectivity index (χ3v) is 8.29. The number of phenols is 1. The molecule has 0 radical (unpaired) electrons. The van der Waals surface area contributed by atoms with Crippen molar-refractivity contribution in [3.63, 3.8) is 0 Å². The molecule has 7 aromatic rings. The summed E-state index contributed by atoms with van der Waals surface area (Å²) in [6, 6.07) is 29.7. The Balaban J connectivity index is 1.47. The number of benzene rings is 3. The van der Waals surface area contributed by atoms with Crippen LogP contribution in [0, 0.1) is 13.8 Å². The van der Waals surface area contributed by atoms with Gasteiger partial charge in [0.15, 0.2) is 5.82 Å². The van der Waals surface area contributed by atoms with Crippen molar-refractivity contribution in [2.75, 3.05) is 4.90 Å². The quantitative estimate of drug-likeness (QED) is 0.230. The zero-order valence-corrected chi connectivity index (χ0v) is 23.3. The maximum Gasteiger partial charge on any atom is 0.160 e. The van der Waals surface area contributed by atoms with Gasteiger partial charge in [-0.1, -0.05) is 48.5 Å². The van der Waals surface area contributed by atoms with Gasteiger partial charge in [0.05, 0.1) is 21.6 Å². The molecule has 41 heavy (non-hydrogen) atoms. The summed E-state index contributed by atoms with van der Waals surface area (Å²) in [7, 11) is 0. The Kier molecular flexibility index (Phi) is 6.14. The number of aromatic nitrogens is 4. The smallest absolute Gasteiger partial charge is 0.160 e. The SMILES string of the molecule is Cc1cncc(C)c1N(c1cccc(-c2nc(-c3ccccc3O)c3sc4ccccc4c3n2)c1)c1ccccn1. The molecule has 7 heteroatoms. The Morgan fingerprint density at radius 2 is 1.56 bits per heavy atom. The van der Waals surface area contributed by atoms with Crippen molar-refractivity contribution in [2.45, 2.75) is 13.8 Å². The van der Waals surface area contributed by atoms with Gasteiger partial charge in [-0.3, -0.25) is 9.88 Å². The number of phenolic OH excluding ortho intramolecular Hbond substituents is 1. The number of para-hydroxylation sites is 1. The minimum Gasteiger partial charge on any atom is -0.507 e. The van der Waals surface area contributed by atoms with Crippen molar-refractivity contribution in [3.8, 4) is 28.4 Å². The van der Waals surface area contributed by atoms with Gasteiger partial charge in [-0.25, -0.2) is 15.0 Å². The molecule has 0 amide bonds. The van der Waals surface area contributed by atoms with Gasteiger partial charge in [0.1, 0.15) is 11.6 Å². The molecule has 0 bridgehead atoms. The Labute approximate surface area is 241 Å². The van der Waals surface area contributed by atoms with Crippen molar-refractivity contribution in [2.24, 2.45) is 0 Å². The fraction of sp³-hybridized carbons (Fsp3) is 0.0588. The first-order valence-electron chi connectivity index (χ1n) is 13.3. The average molecular weight is 552 g/mol. The monoisotopic (exact) mass is 551 g/mol. The summed E-state index contributed by atoms with van der Waals surface area (Å²) in [5.41, 5.74) is 7.20. The van der Waals surface area contributed by atoms with Crippen LogP contribution in [0.25, 0.3) is 42.9 Å². The van der Waals surface area contributed by atoms with Crippen LogP contribution in [0.5, 0.6) is 5.75 Å². The van der Waals surface area contributed by atoms with Crippen molar-refractivity contribution in [3.05, 3.63) is 121 Å². The highest BCUT2D eigenvalue weighted by atomic mass is 32.1. The molecular formula is C34H25N5OS. The molecule has 0 saturated carbocycles. The minimum absolute atomic E-state index is 0.189. The summed E-state index contributed by atoms with van der Waals surface area (Å²) in [5, 5.41) is 11.9. The van der Waals surface area contributed by atoms with Crippen molar-refractivity contribution in [1.29, 1.82) is 0 Å². The second-order valence-electron chi connectivity index (χ2n) is 9.88. The third kappa shape index (κ3) is 4.37. The maximum absolute atomic E-state index is 10.8. The number of aryl methyl sites for hydroxylation is 2. The molecule has 198 valence electrons. The van der Waals surface area contributed by atoms with E-state index in [0.29, 0.717) is 11.4 Å². The van der Waals surface area contributed by atoms with E-state index in [0.717, 1.165) is 59.9 Å². The molecule has 0 aliphatic rings. The molecule has 7 rings (SSSR count). The molecule has 0 saturated heterocycles. The van der Waals surface area contributed by atoms with Gasteiger partial charge in [0.2, 0.25) is 0 Å². The first-order valence-corrected chi connectivity index (χ1v) is 14.1. The number of rotatable bonds is 5. The number of anilines is 3. The fourth-order valence-corrected chi connectivity index (χ4v) is 6.42. The molecule has 3 aromatic carbocycles. The molecule has 0 unspecified atom stereocenters. The van der Waals surface area contributed by atoms with Gasteiger partial charge in [-0.05, 0) is 67.4 Å². The lowest BCUT2D eigenvalue weighted by molar-refractivity contribution is 0.477. The van der Waals surface area contributed by atoms with E-state index in [1.807, 2.05) is 73.1 Å². The Morgan fingerprint density at radius 1 is 0.780 bits per heavy atom. The van der Waals surface area contributed by atoms with Crippen LogP contribution in [0.4, 0.5) is 17.2 Å². The number of fused-ring (bicyclic) bond motifs is 3. The largest absolute Gasteiger partial charge is 0.507 e. The molecule has 6 nitrogen and oxygen atoms in total. The molecule has 4 heterocycles. The molecule has 0 fully saturated rings. The van der Waals surface area contributed by atoms with E-state index in [-0.39, 0.29) is 5.75 Å². The summed E-state index contributed by atoms with van der Waals surface area (Å²) in [6.45, 7) is 4.12. The van der Waals surface area contributed by atoms with E-state index >= 15 is 0 Å². The van der Waals surface area contributed by atoms with Crippen LogP contribution in [0.15, 0.2) is 110 Å². The van der Waals surface area contributed by atoms with Crippen LogP contribution < -0.4 is 4.90 Å².